The maximum absolute atomic E-state index is 6.14. The van der Waals surface area contributed by atoms with Gasteiger partial charge in [0.25, 0.3) is 0 Å². The fourth-order valence-corrected chi connectivity index (χ4v) is 1.58. The zero-order chi connectivity index (χ0) is 14.4. The highest BCUT2D eigenvalue weighted by Gasteiger charge is 2.10. The molecular weight excluding hydrogens is 286 g/mol. The lowest BCUT2D eigenvalue weighted by molar-refractivity contribution is 0.230. The number of hydrogen-bond donors (Lipinski definition) is 2. The Morgan fingerprint density at radius 3 is 2.68 bits per heavy atom. The molecule has 0 amide bonds. The molecule has 0 saturated carbocycles. The van der Waals surface area contributed by atoms with Crippen LogP contribution in [-0.2, 0) is 0 Å². The first-order valence-corrected chi connectivity index (χ1v) is 6.35. The van der Waals surface area contributed by atoms with E-state index in [9.17, 15) is 0 Å². The first kappa shape index (κ1) is 15.5. The maximum atomic E-state index is 6.14. The van der Waals surface area contributed by atoms with Crippen molar-refractivity contribution < 1.29 is 9.47 Å². The van der Waals surface area contributed by atoms with Crippen molar-refractivity contribution in [2.75, 3.05) is 7.11 Å². The van der Waals surface area contributed by atoms with E-state index in [2.05, 4.69) is 22.7 Å². The van der Waals surface area contributed by atoms with Crippen molar-refractivity contribution in [2.24, 2.45) is 10.8 Å². The Kier molecular flexibility index (Phi) is 5.85. The quantitative estimate of drug-likeness (QED) is 0.496. The van der Waals surface area contributed by atoms with Crippen molar-refractivity contribution >= 4 is 35.1 Å². The second kappa shape index (κ2) is 7.16. The van der Waals surface area contributed by atoms with Crippen LogP contribution >= 0.6 is 23.8 Å². The smallest absolute Gasteiger partial charge is 0.184 e. The highest BCUT2D eigenvalue weighted by Crippen LogP contribution is 2.33. The van der Waals surface area contributed by atoms with Crippen LogP contribution < -0.4 is 20.6 Å². The summed E-state index contributed by atoms with van der Waals surface area (Å²) < 4.78 is 10.9. The molecule has 19 heavy (non-hydrogen) atoms. The minimum Gasteiger partial charge on any atom is -0.493 e. The average molecular weight is 302 g/mol. The second-order valence-corrected chi connectivity index (χ2v) is 4.77. The Balaban J connectivity index is 3.01. The normalized spacial score (nSPS) is 10.8. The molecule has 0 bridgehead atoms. The van der Waals surface area contributed by atoms with Crippen LogP contribution in [0.2, 0.25) is 5.02 Å². The Labute approximate surface area is 122 Å². The summed E-state index contributed by atoms with van der Waals surface area (Å²) in [5.74, 6) is 1.16. The van der Waals surface area contributed by atoms with E-state index in [4.69, 9.17) is 26.8 Å². The van der Waals surface area contributed by atoms with Crippen LogP contribution in [0.1, 0.15) is 19.4 Å². The van der Waals surface area contributed by atoms with Gasteiger partial charge in [0, 0.05) is 11.6 Å². The third-order valence-electron chi connectivity index (χ3n) is 2.02. The zero-order valence-corrected chi connectivity index (χ0v) is 12.5. The van der Waals surface area contributed by atoms with E-state index in [1.165, 1.54) is 6.21 Å². The van der Waals surface area contributed by atoms with Crippen molar-refractivity contribution in [3.63, 3.8) is 0 Å². The van der Waals surface area contributed by atoms with E-state index in [-0.39, 0.29) is 11.2 Å². The number of halogens is 1. The summed E-state index contributed by atoms with van der Waals surface area (Å²) in [5.41, 5.74) is 8.38. The van der Waals surface area contributed by atoms with Gasteiger partial charge in [-0.05, 0) is 32.1 Å². The van der Waals surface area contributed by atoms with Crippen molar-refractivity contribution in [1.82, 2.24) is 5.43 Å². The van der Waals surface area contributed by atoms with Crippen LogP contribution in [0.25, 0.3) is 0 Å². The molecule has 0 radical (unpaired) electrons. The predicted octanol–water partition coefficient (Wildman–Crippen LogP) is 2.30. The molecule has 0 aliphatic rings. The summed E-state index contributed by atoms with van der Waals surface area (Å²) in [5, 5.41) is 4.42. The van der Waals surface area contributed by atoms with Gasteiger partial charge in [-0.25, -0.2) is 0 Å². The summed E-state index contributed by atoms with van der Waals surface area (Å²) >= 11 is 10.8. The van der Waals surface area contributed by atoms with Gasteiger partial charge < -0.3 is 15.2 Å². The van der Waals surface area contributed by atoms with Gasteiger partial charge in [0.1, 0.15) is 0 Å². The first-order valence-electron chi connectivity index (χ1n) is 5.56. The van der Waals surface area contributed by atoms with Crippen LogP contribution in [0.15, 0.2) is 17.2 Å². The molecule has 0 spiro atoms. The van der Waals surface area contributed by atoms with Gasteiger partial charge in [-0.3, -0.25) is 5.43 Å². The number of methoxy groups -OCH3 is 1. The van der Waals surface area contributed by atoms with Gasteiger partial charge in [0.05, 0.1) is 24.5 Å². The molecular formula is C12H16ClN3O2S. The van der Waals surface area contributed by atoms with Crippen molar-refractivity contribution in [1.29, 1.82) is 0 Å². The lowest BCUT2D eigenvalue weighted by Crippen LogP contribution is -2.24. The highest BCUT2D eigenvalue weighted by molar-refractivity contribution is 7.80. The Morgan fingerprint density at radius 1 is 1.47 bits per heavy atom. The van der Waals surface area contributed by atoms with E-state index in [1.807, 2.05) is 13.8 Å². The number of thiocarbonyl (C=S) groups is 1. The van der Waals surface area contributed by atoms with Gasteiger partial charge in [-0.15, -0.1) is 0 Å². The monoisotopic (exact) mass is 301 g/mol. The summed E-state index contributed by atoms with van der Waals surface area (Å²) in [6.07, 6.45) is 1.53. The molecule has 104 valence electrons. The Hall–Kier alpha value is -1.53. The van der Waals surface area contributed by atoms with E-state index in [0.717, 1.165) is 0 Å². The third-order valence-corrected chi connectivity index (χ3v) is 2.44. The van der Waals surface area contributed by atoms with Crippen molar-refractivity contribution in [3.8, 4) is 11.5 Å². The van der Waals surface area contributed by atoms with Crippen LogP contribution in [0.3, 0.4) is 0 Å². The molecule has 1 aromatic carbocycles. The van der Waals surface area contributed by atoms with E-state index in [1.54, 1.807) is 19.2 Å². The molecule has 0 aliphatic carbocycles. The number of ether oxygens (including phenoxy) is 2. The Bertz CT molecular complexity index is 492. The van der Waals surface area contributed by atoms with E-state index >= 15 is 0 Å². The molecule has 0 unspecified atom stereocenters. The van der Waals surface area contributed by atoms with Crippen LogP contribution in [0.5, 0.6) is 11.5 Å². The molecule has 7 heteroatoms. The Morgan fingerprint density at radius 2 is 2.16 bits per heavy atom. The number of nitrogens with zero attached hydrogens (tertiary/aromatic N) is 1. The van der Waals surface area contributed by atoms with Gasteiger partial charge in [0.15, 0.2) is 16.6 Å². The molecule has 3 N–H and O–H groups in total. The van der Waals surface area contributed by atoms with Crippen LogP contribution in [-0.4, -0.2) is 24.5 Å². The largest absolute Gasteiger partial charge is 0.493 e. The van der Waals surface area contributed by atoms with Crippen molar-refractivity contribution in [2.45, 2.75) is 20.0 Å². The standard InChI is InChI=1S/C12H16ClN3O2S/c1-7(2)18-11-5-9(13)8(4-10(11)17-3)6-15-16-12(14)19/h4-7H,1-3H3,(H3,14,16,19). The maximum Gasteiger partial charge on any atom is 0.184 e. The van der Waals surface area contributed by atoms with E-state index < -0.39 is 0 Å². The number of hydrazone groups is 1. The van der Waals surface area contributed by atoms with Gasteiger partial charge in [-0.2, -0.15) is 5.10 Å². The van der Waals surface area contributed by atoms with Crippen molar-refractivity contribution in [3.05, 3.63) is 22.7 Å². The molecule has 0 heterocycles. The van der Waals surface area contributed by atoms with Crippen LogP contribution in [0.4, 0.5) is 0 Å². The fraction of sp³-hybridized carbons (Fsp3) is 0.333. The highest BCUT2D eigenvalue weighted by atomic mass is 35.5. The molecule has 0 fully saturated rings. The summed E-state index contributed by atoms with van der Waals surface area (Å²) in [6.45, 7) is 3.85. The summed E-state index contributed by atoms with van der Waals surface area (Å²) in [6, 6.07) is 3.41. The topological polar surface area (TPSA) is 68.9 Å². The number of benzene rings is 1. The lowest BCUT2D eigenvalue weighted by Gasteiger charge is -2.14. The molecule has 0 saturated heterocycles. The minimum atomic E-state index is 0.0285. The van der Waals surface area contributed by atoms with Gasteiger partial charge >= 0.3 is 0 Å². The minimum absolute atomic E-state index is 0.0285. The molecule has 0 atom stereocenters. The molecule has 1 rings (SSSR count). The number of nitrogens with one attached hydrogen (secondary N) is 1. The average Bonchev–Trinajstić information content (AvgIpc) is 2.30. The SMILES string of the molecule is COc1cc(C=NNC(N)=S)c(Cl)cc1OC(C)C. The molecule has 0 aliphatic heterocycles. The zero-order valence-electron chi connectivity index (χ0n) is 10.9. The van der Waals surface area contributed by atoms with Gasteiger partial charge in [0.2, 0.25) is 0 Å². The number of rotatable bonds is 5. The van der Waals surface area contributed by atoms with Crippen LogP contribution in [0, 0.1) is 0 Å². The predicted molar refractivity (Wildman–Crippen MR) is 81.3 cm³/mol. The molecule has 0 aromatic heterocycles. The molecule has 1 aromatic rings. The summed E-state index contributed by atoms with van der Waals surface area (Å²) in [7, 11) is 1.56. The first-order chi connectivity index (χ1) is 8.93. The lowest BCUT2D eigenvalue weighted by atomic mass is 10.2. The number of nitrogens with two attached hydrogens (primary N) is 1. The number of hydrogen-bond acceptors (Lipinski definition) is 4. The summed E-state index contributed by atoms with van der Waals surface area (Å²) in [4.78, 5) is 0. The molecule has 5 nitrogen and oxygen atoms in total. The second-order valence-electron chi connectivity index (χ2n) is 3.93. The van der Waals surface area contributed by atoms with E-state index in [0.29, 0.717) is 22.1 Å². The van der Waals surface area contributed by atoms with Gasteiger partial charge in [-0.1, -0.05) is 11.6 Å². The third kappa shape index (κ3) is 4.92. The fourth-order valence-electron chi connectivity index (χ4n) is 1.32.